The molecule has 4 rings (SSSR count). The summed E-state index contributed by atoms with van der Waals surface area (Å²) in [6.07, 6.45) is 2.46. The summed E-state index contributed by atoms with van der Waals surface area (Å²) in [5.74, 6) is 1.04. The molecule has 21 heavy (non-hydrogen) atoms. The van der Waals surface area contributed by atoms with E-state index in [2.05, 4.69) is 40.2 Å². The second kappa shape index (κ2) is 4.78. The van der Waals surface area contributed by atoms with Crippen LogP contribution in [0, 0.1) is 0 Å². The van der Waals surface area contributed by atoms with Crippen molar-refractivity contribution in [2.24, 2.45) is 0 Å². The van der Waals surface area contributed by atoms with Crippen molar-refractivity contribution in [3.05, 3.63) is 47.5 Å². The minimum Gasteiger partial charge on any atom is -0.388 e. The molecular formula is C17H16ClN3. The Kier molecular flexibility index (Phi) is 2.89. The predicted molar refractivity (Wildman–Crippen MR) is 88.0 cm³/mol. The van der Waals surface area contributed by atoms with E-state index in [-0.39, 0.29) is 0 Å². The molecule has 3 aromatic rings. The van der Waals surface area contributed by atoms with Crippen molar-refractivity contribution >= 4 is 28.3 Å². The number of hydrogen-bond donors (Lipinski definition) is 1. The summed E-state index contributed by atoms with van der Waals surface area (Å²) < 4.78 is 2.36. The summed E-state index contributed by atoms with van der Waals surface area (Å²) in [6.45, 7) is 0. The summed E-state index contributed by atoms with van der Waals surface area (Å²) in [4.78, 5) is 4.82. The van der Waals surface area contributed by atoms with Crippen LogP contribution in [0.1, 0.15) is 18.9 Å². The van der Waals surface area contributed by atoms with Crippen LogP contribution in [0.4, 0.5) is 5.69 Å². The van der Waals surface area contributed by atoms with E-state index >= 15 is 0 Å². The summed E-state index contributed by atoms with van der Waals surface area (Å²) in [7, 11) is 1.93. The molecular weight excluding hydrogens is 282 g/mol. The molecule has 1 aliphatic rings. The fourth-order valence-electron chi connectivity index (χ4n) is 2.76. The van der Waals surface area contributed by atoms with Gasteiger partial charge in [0.05, 0.1) is 11.0 Å². The fraction of sp³-hybridized carbons (Fsp3) is 0.235. The highest BCUT2D eigenvalue weighted by Crippen LogP contribution is 2.41. The Hall–Kier alpha value is -2.00. The van der Waals surface area contributed by atoms with Crippen LogP contribution >= 0.6 is 11.6 Å². The fourth-order valence-corrected chi connectivity index (χ4v) is 2.93. The van der Waals surface area contributed by atoms with Crippen molar-refractivity contribution in [3.8, 4) is 11.4 Å². The smallest absolute Gasteiger partial charge is 0.141 e. The monoisotopic (exact) mass is 297 g/mol. The molecule has 1 fully saturated rings. The van der Waals surface area contributed by atoms with Crippen LogP contribution in [-0.4, -0.2) is 16.6 Å². The van der Waals surface area contributed by atoms with Crippen molar-refractivity contribution in [2.45, 2.75) is 18.9 Å². The Morgan fingerprint density at radius 1 is 1.14 bits per heavy atom. The van der Waals surface area contributed by atoms with E-state index in [0.29, 0.717) is 6.04 Å². The van der Waals surface area contributed by atoms with E-state index in [0.717, 1.165) is 27.6 Å². The minimum atomic E-state index is 0.579. The second-order valence-corrected chi connectivity index (χ2v) is 5.93. The van der Waals surface area contributed by atoms with E-state index < -0.39 is 0 Å². The van der Waals surface area contributed by atoms with Crippen LogP contribution in [0.3, 0.4) is 0 Å². The van der Waals surface area contributed by atoms with Gasteiger partial charge in [-0.05, 0) is 55.3 Å². The zero-order valence-corrected chi connectivity index (χ0v) is 12.6. The maximum Gasteiger partial charge on any atom is 0.141 e. The molecule has 0 saturated heterocycles. The number of imidazole rings is 1. The van der Waals surface area contributed by atoms with Crippen molar-refractivity contribution in [1.29, 1.82) is 0 Å². The first-order chi connectivity index (χ1) is 10.3. The molecule has 0 aliphatic heterocycles. The zero-order chi connectivity index (χ0) is 14.4. The summed E-state index contributed by atoms with van der Waals surface area (Å²) in [5, 5.41) is 3.88. The van der Waals surface area contributed by atoms with Crippen LogP contribution in [-0.2, 0) is 0 Å². The maximum absolute atomic E-state index is 6.10. The molecule has 4 heteroatoms. The van der Waals surface area contributed by atoms with Gasteiger partial charge in [0.2, 0.25) is 0 Å². The third-order valence-corrected chi connectivity index (χ3v) is 4.23. The predicted octanol–water partition coefficient (Wildman–Crippen LogP) is 4.73. The molecule has 1 aliphatic carbocycles. The van der Waals surface area contributed by atoms with Crippen LogP contribution in [0.2, 0.25) is 5.02 Å². The molecule has 106 valence electrons. The number of aromatic nitrogens is 2. The van der Waals surface area contributed by atoms with Gasteiger partial charge in [-0.3, -0.25) is 0 Å². The molecule has 0 spiro atoms. The summed E-state index contributed by atoms with van der Waals surface area (Å²) >= 11 is 6.10. The quantitative estimate of drug-likeness (QED) is 0.757. The number of rotatable bonds is 3. The van der Waals surface area contributed by atoms with Crippen molar-refractivity contribution in [1.82, 2.24) is 9.55 Å². The maximum atomic E-state index is 6.10. The van der Waals surface area contributed by atoms with Crippen LogP contribution < -0.4 is 5.32 Å². The van der Waals surface area contributed by atoms with Gasteiger partial charge in [-0.15, -0.1) is 0 Å². The number of benzene rings is 2. The van der Waals surface area contributed by atoms with Gasteiger partial charge in [-0.2, -0.15) is 0 Å². The van der Waals surface area contributed by atoms with Crippen LogP contribution in [0.5, 0.6) is 0 Å². The number of halogens is 1. The SMILES string of the molecule is CNc1ccc(-c2nc3cc(Cl)ccc3n2C2CC2)cc1. The topological polar surface area (TPSA) is 29.9 Å². The highest BCUT2D eigenvalue weighted by atomic mass is 35.5. The summed E-state index contributed by atoms with van der Waals surface area (Å²) in [6, 6.07) is 14.9. The number of nitrogens with one attached hydrogen (secondary N) is 1. The molecule has 1 N–H and O–H groups in total. The molecule has 0 unspecified atom stereocenters. The Balaban J connectivity index is 1.91. The number of anilines is 1. The average molecular weight is 298 g/mol. The lowest BCUT2D eigenvalue weighted by Gasteiger charge is -2.08. The van der Waals surface area contributed by atoms with Crippen LogP contribution in [0.15, 0.2) is 42.5 Å². The molecule has 0 atom stereocenters. The third kappa shape index (κ3) is 2.18. The van der Waals surface area contributed by atoms with E-state index in [1.165, 1.54) is 18.4 Å². The number of fused-ring (bicyclic) bond motifs is 1. The lowest BCUT2D eigenvalue weighted by Crippen LogP contribution is -1.97. The van der Waals surface area contributed by atoms with E-state index in [1.807, 2.05) is 19.2 Å². The highest BCUT2D eigenvalue weighted by Gasteiger charge is 2.28. The molecule has 0 radical (unpaired) electrons. The molecule has 1 saturated carbocycles. The molecule has 0 bridgehead atoms. The molecule has 1 heterocycles. The standard InChI is InChI=1S/C17H16ClN3/c1-19-13-5-2-11(3-6-13)17-20-15-10-12(18)4-9-16(15)21(17)14-7-8-14/h2-6,9-10,14,19H,7-8H2,1H3. The van der Waals surface area contributed by atoms with Gasteiger partial charge >= 0.3 is 0 Å². The van der Waals surface area contributed by atoms with E-state index in [1.54, 1.807) is 0 Å². The Bertz CT molecular complexity index is 801. The first kappa shape index (κ1) is 12.7. The molecule has 1 aromatic heterocycles. The Morgan fingerprint density at radius 2 is 1.90 bits per heavy atom. The van der Waals surface area contributed by atoms with Gasteiger partial charge in [0.1, 0.15) is 5.82 Å². The van der Waals surface area contributed by atoms with Crippen molar-refractivity contribution in [3.63, 3.8) is 0 Å². The van der Waals surface area contributed by atoms with Crippen LogP contribution in [0.25, 0.3) is 22.4 Å². The van der Waals surface area contributed by atoms with Gasteiger partial charge in [-0.25, -0.2) is 4.98 Å². The number of nitrogens with zero attached hydrogens (tertiary/aromatic N) is 2. The van der Waals surface area contributed by atoms with Gasteiger partial charge < -0.3 is 9.88 Å². The zero-order valence-electron chi connectivity index (χ0n) is 11.8. The first-order valence-corrected chi connectivity index (χ1v) is 7.60. The normalized spacial score (nSPS) is 14.6. The Morgan fingerprint density at radius 3 is 2.57 bits per heavy atom. The van der Waals surface area contributed by atoms with Crippen molar-refractivity contribution < 1.29 is 0 Å². The summed E-state index contributed by atoms with van der Waals surface area (Å²) in [5.41, 5.74) is 4.40. The molecule has 2 aromatic carbocycles. The van der Waals surface area contributed by atoms with E-state index in [4.69, 9.17) is 16.6 Å². The lowest BCUT2D eigenvalue weighted by molar-refractivity contribution is 0.775. The Labute approximate surface area is 128 Å². The van der Waals surface area contributed by atoms with Gasteiger partial charge in [0.15, 0.2) is 0 Å². The highest BCUT2D eigenvalue weighted by molar-refractivity contribution is 6.31. The second-order valence-electron chi connectivity index (χ2n) is 5.50. The average Bonchev–Trinajstić information content (AvgIpc) is 3.28. The van der Waals surface area contributed by atoms with Crippen molar-refractivity contribution in [2.75, 3.05) is 12.4 Å². The lowest BCUT2D eigenvalue weighted by atomic mass is 10.2. The van der Waals surface area contributed by atoms with Gasteiger partial charge in [-0.1, -0.05) is 11.6 Å². The first-order valence-electron chi connectivity index (χ1n) is 7.22. The van der Waals surface area contributed by atoms with Gasteiger partial charge in [0, 0.05) is 29.4 Å². The minimum absolute atomic E-state index is 0.579. The molecule has 3 nitrogen and oxygen atoms in total. The van der Waals surface area contributed by atoms with Gasteiger partial charge in [0.25, 0.3) is 0 Å². The third-order valence-electron chi connectivity index (χ3n) is 4.00. The molecule has 0 amide bonds. The largest absolute Gasteiger partial charge is 0.388 e. The number of hydrogen-bond acceptors (Lipinski definition) is 2. The van der Waals surface area contributed by atoms with E-state index in [9.17, 15) is 0 Å².